The Morgan fingerprint density at radius 2 is 1.08 bits per heavy atom. The van der Waals surface area contributed by atoms with Crippen LogP contribution in [0, 0.1) is 0 Å². The van der Waals surface area contributed by atoms with Crippen LogP contribution in [0.25, 0.3) is 0 Å². The topological polar surface area (TPSA) is 27.7 Å². The zero-order valence-corrected chi connectivity index (χ0v) is 20.1. The van der Waals surface area contributed by atoms with Gasteiger partial charge >= 0.3 is 159 Å². The molecule has 4 heteroatoms. The molecule has 0 N–H and O–H groups in total. The Kier molecular flexibility index (Phi) is 10.7. The summed E-state index contributed by atoms with van der Waals surface area (Å²) in [6, 6.07) is 4.55. The fraction of sp³-hybridized carbons (Fsp3) is 0.714. The van der Waals surface area contributed by atoms with Crippen molar-refractivity contribution in [2.24, 2.45) is 0 Å². The molecule has 0 atom stereocenters. The van der Waals surface area contributed by atoms with E-state index in [-0.39, 0.29) is 0 Å². The second-order valence-corrected chi connectivity index (χ2v) is 20.2. The first-order valence-corrected chi connectivity index (χ1v) is 17.4. The van der Waals surface area contributed by atoms with Gasteiger partial charge in [-0.05, 0) is 0 Å². The van der Waals surface area contributed by atoms with Gasteiger partial charge in [-0.2, -0.15) is 0 Å². The van der Waals surface area contributed by atoms with Crippen molar-refractivity contribution in [3.63, 3.8) is 0 Å². The maximum absolute atomic E-state index is 5.66. The van der Waals surface area contributed by atoms with E-state index in [0.29, 0.717) is 0 Å². The van der Waals surface area contributed by atoms with Crippen molar-refractivity contribution in [1.29, 1.82) is 0 Å². The summed E-state index contributed by atoms with van der Waals surface area (Å²) in [7, 11) is 5.13. The molecule has 1 rings (SSSR count). The molecule has 3 nitrogen and oxygen atoms in total. The Hall–Kier alpha value is -0.581. The van der Waals surface area contributed by atoms with Crippen molar-refractivity contribution in [3.05, 3.63) is 12.1 Å². The van der Waals surface area contributed by atoms with Gasteiger partial charge in [0.15, 0.2) is 0 Å². The fourth-order valence-electron chi connectivity index (χ4n) is 3.74. The van der Waals surface area contributed by atoms with Crippen LogP contribution in [0.1, 0.15) is 59.3 Å². The van der Waals surface area contributed by atoms with Crippen LogP contribution in [-0.4, -0.2) is 39.7 Å². The van der Waals surface area contributed by atoms with Gasteiger partial charge in [-0.1, -0.05) is 0 Å². The summed E-state index contributed by atoms with van der Waals surface area (Å²) < 4.78 is 22.7. The molecule has 0 saturated carbocycles. The summed E-state index contributed by atoms with van der Waals surface area (Å²) in [5.74, 6) is 2.36. The van der Waals surface area contributed by atoms with Gasteiger partial charge in [0.1, 0.15) is 0 Å². The zero-order valence-electron chi connectivity index (χ0n) is 17.2. The van der Waals surface area contributed by atoms with Crippen LogP contribution in [0.15, 0.2) is 12.1 Å². The van der Waals surface area contributed by atoms with Crippen LogP contribution in [0.4, 0.5) is 0 Å². The molecule has 0 radical (unpaired) electrons. The molecule has 0 aromatic heterocycles. The fourth-order valence-corrected chi connectivity index (χ4v) is 19.7. The zero-order chi connectivity index (χ0) is 18.7. The number of hydrogen-bond acceptors (Lipinski definition) is 3. The summed E-state index contributed by atoms with van der Waals surface area (Å²) in [6.45, 7) is 6.93. The van der Waals surface area contributed by atoms with Crippen molar-refractivity contribution >= 4 is 22.0 Å². The van der Waals surface area contributed by atoms with E-state index in [9.17, 15) is 0 Å². The van der Waals surface area contributed by atoms with Gasteiger partial charge in [0, 0.05) is 0 Å². The molecule has 1 aromatic carbocycles. The third kappa shape index (κ3) is 5.97. The minimum absolute atomic E-state index is 0.718. The number of unbranched alkanes of at least 4 members (excludes halogenated alkanes) is 3. The predicted molar refractivity (Wildman–Crippen MR) is 111 cm³/mol. The molecule has 0 saturated heterocycles. The van der Waals surface area contributed by atoms with Crippen molar-refractivity contribution in [2.45, 2.75) is 72.6 Å². The minimum atomic E-state index is -2.49. The summed E-state index contributed by atoms with van der Waals surface area (Å²) in [5, 5.41) is 0. The second kappa shape index (κ2) is 11.9. The molecular formula is C21H38O3Sn. The molecule has 144 valence electrons. The average Bonchev–Trinajstić information content (AvgIpc) is 2.66. The van der Waals surface area contributed by atoms with E-state index in [2.05, 4.69) is 32.9 Å². The van der Waals surface area contributed by atoms with Crippen LogP contribution in [0.5, 0.6) is 17.2 Å². The molecule has 0 amide bonds. The van der Waals surface area contributed by atoms with Gasteiger partial charge < -0.3 is 0 Å². The molecule has 0 aliphatic carbocycles. The first-order valence-electron chi connectivity index (χ1n) is 9.92. The molecule has 1 aromatic rings. The molecule has 0 fully saturated rings. The average molecular weight is 457 g/mol. The van der Waals surface area contributed by atoms with Crippen LogP contribution in [0.2, 0.25) is 13.3 Å². The van der Waals surface area contributed by atoms with Crippen molar-refractivity contribution in [3.8, 4) is 17.2 Å². The first kappa shape index (κ1) is 22.5. The van der Waals surface area contributed by atoms with E-state index in [0.717, 1.165) is 17.2 Å². The number of rotatable bonds is 13. The summed E-state index contributed by atoms with van der Waals surface area (Å²) in [6.07, 6.45) is 7.88. The molecular weight excluding hydrogens is 419 g/mol. The normalized spacial score (nSPS) is 11.4. The van der Waals surface area contributed by atoms with Crippen molar-refractivity contribution in [2.75, 3.05) is 21.3 Å². The van der Waals surface area contributed by atoms with E-state index in [1.165, 1.54) is 51.8 Å². The van der Waals surface area contributed by atoms with E-state index in [4.69, 9.17) is 14.2 Å². The molecule has 0 bridgehead atoms. The van der Waals surface area contributed by atoms with Crippen LogP contribution < -0.4 is 17.8 Å². The van der Waals surface area contributed by atoms with Gasteiger partial charge in [0.25, 0.3) is 0 Å². The quantitative estimate of drug-likeness (QED) is 0.352. The van der Waals surface area contributed by atoms with E-state index in [1.54, 1.807) is 24.9 Å². The maximum atomic E-state index is 5.66. The monoisotopic (exact) mass is 458 g/mol. The molecule has 25 heavy (non-hydrogen) atoms. The number of methoxy groups -OCH3 is 3. The van der Waals surface area contributed by atoms with Gasteiger partial charge in [-0.3, -0.25) is 0 Å². The Morgan fingerprint density at radius 1 is 0.680 bits per heavy atom. The Labute approximate surface area is 159 Å². The Bertz CT molecular complexity index is 455. The van der Waals surface area contributed by atoms with Gasteiger partial charge in [-0.25, -0.2) is 0 Å². The van der Waals surface area contributed by atoms with Crippen molar-refractivity contribution in [1.82, 2.24) is 0 Å². The number of benzene rings is 1. The van der Waals surface area contributed by atoms with Crippen molar-refractivity contribution < 1.29 is 14.2 Å². The van der Waals surface area contributed by atoms with Gasteiger partial charge in [-0.15, -0.1) is 0 Å². The van der Waals surface area contributed by atoms with Gasteiger partial charge in [0.05, 0.1) is 0 Å². The third-order valence-corrected chi connectivity index (χ3v) is 20.8. The van der Waals surface area contributed by atoms with Crippen LogP contribution >= 0.6 is 0 Å². The van der Waals surface area contributed by atoms with Crippen LogP contribution in [-0.2, 0) is 0 Å². The van der Waals surface area contributed by atoms with Gasteiger partial charge in [0.2, 0.25) is 0 Å². The number of hydrogen-bond donors (Lipinski definition) is 0. The predicted octanol–water partition coefficient (Wildman–Crippen LogP) is 5.77. The molecule has 0 aliphatic heterocycles. The number of ether oxygens (including phenoxy) is 3. The first-order chi connectivity index (χ1) is 12.1. The van der Waals surface area contributed by atoms with E-state index >= 15 is 0 Å². The summed E-state index contributed by atoms with van der Waals surface area (Å²) >= 11 is -2.49. The molecule has 0 aliphatic rings. The molecule has 0 heterocycles. The third-order valence-electron chi connectivity index (χ3n) is 5.30. The standard InChI is InChI=1S/C9H11O3.3C4H9.Sn/c1-10-7-5-4-6-8(11-2)9(7)12-3;3*1-3-4-2;/h5-6H,1-3H3;3*1,3-4H2,2H3;. The summed E-state index contributed by atoms with van der Waals surface area (Å²) in [4.78, 5) is 0. The summed E-state index contributed by atoms with van der Waals surface area (Å²) in [5.41, 5.74) is 0. The molecule has 0 spiro atoms. The van der Waals surface area contributed by atoms with E-state index in [1.807, 2.05) is 0 Å². The van der Waals surface area contributed by atoms with Crippen LogP contribution in [0.3, 0.4) is 0 Å². The van der Waals surface area contributed by atoms with E-state index < -0.39 is 18.4 Å². The Balaban J connectivity index is 3.43. The SMILES string of the molecule is CCC[CH2][Sn]([CH2]CCC)([CH2]CCC)[c]1cc(OC)c(OC)c(OC)c1. The molecule has 0 unspecified atom stereocenters. The second-order valence-electron chi connectivity index (χ2n) is 7.01. The Morgan fingerprint density at radius 3 is 1.36 bits per heavy atom.